The number of nitrogens with one attached hydrogen (secondary N) is 1. The number of piperazine rings is 1. The minimum absolute atomic E-state index is 0.149. The molecule has 188 valence electrons. The second kappa shape index (κ2) is 11.1. The molecule has 1 saturated heterocycles. The highest BCUT2D eigenvalue weighted by Gasteiger charge is 2.36. The summed E-state index contributed by atoms with van der Waals surface area (Å²) < 4.78 is 45.4. The number of rotatable bonds is 7. The van der Waals surface area contributed by atoms with Crippen molar-refractivity contribution in [3.63, 3.8) is 0 Å². The largest absolute Gasteiger partial charge is 0.492 e. The summed E-state index contributed by atoms with van der Waals surface area (Å²) in [5.41, 5.74) is -1.15. The van der Waals surface area contributed by atoms with Crippen LogP contribution in [0.3, 0.4) is 0 Å². The van der Waals surface area contributed by atoms with Crippen molar-refractivity contribution >= 4 is 17.6 Å². The zero-order valence-electron chi connectivity index (χ0n) is 19.2. The first-order valence-corrected chi connectivity index (χ1v) is 11.3. The lowest BCUT2D eigenvalue weighted by Crippen LogP contribution is -2.49. The van der Waals surface area contributed by atoms with Crippen molar-refractivity contribution in [1.82, 2.24) is 20.4 Å². The smallest absolute Gasteiger partial charge is 0.417 e. The van der Waals surface area contributed by atoms with Crippen LogP contribution >= 0.6 is 0 Å². The average Bonchev–Trinajstić information content (AvgIpc) is 2.91. The van der Waals surface area contributed by atoms with Gasteiger partial charge in [0.15, 0.2) is 11.5 Å². The van der Waals surface area contributed by atoms with Gasteiger partial charge in [0.25, 0.3) is 11.8 Å². The van der Waals surface area contributed by atoms with E-state index in [0.717, 1.165) is 6.07 Å². The molecule has 3 aromatic rings. The van der Waals surface area contributed by atoms with E-state index in [4.69, 9.17) is 4.74 Å². The number of carbonyl (C=O) groups excluding carboxylic acids is 2. The molecule has 2 heterocycles. The summed E-state index contributed by atoms with van der Waals surface area (Å²) >= 11 is 0. The summed E-state index contributed by atoms with van der Waals surface area (Å²) in [6.07, 6.45) is -4.60. The Labute approximate surface area is 205 Å². The quantitative estimate of drug-likeness (QED) is 0.502. The van der Waals surface area contributed by atoms with E-state index in [9.17, 15) is 22.8 Å². The first-order chi connectivity index (χ1) is 17.3. The Balaban J connectivity index is 1.27. The van der Waals surface area contributed by atoms with Crippen molar-refractivity contribution in [1.29, 1.82) is 0 Å². The standard InChI is InChI=1S/C25H24F3N5O3/c26-25(27,28)20-9-5-4-8-19(20)24(35)33-15-13-32(14-16-33)22-11-10-21(30-31-22)23(34)29-12-17-36-18-6-2-1-3-7-18/h1-11H,12-17H2,(H,29,34). The first-order valence-electron chi connectivity index (χ1n) is 11.3. The minimum atomic E-state index is -4.60. The third-order valence-corrected chi connectivity index (χ3v) is 5.64. The van der Waals surface area contributed by atoms with E-state index in [-0.39, 0.29) is 30.3 Å². The first kappa shape index (κ1) is 25.0. The molecule has 8 nitrogen and oxygen atoms in total. The molecule has 1 aromatic heterocycles. The van der Waals surface area contributed by atoms with Gasteiger partial charge in [-0.2, -0.15) is 13.2 Å². The predicted molar refractivity (Wildman–Crippen MR) is 126 cm³/mol. The Kier molecular flexibility index (Phi) is 7.67. The van der Waals surface area contributed by atoms with Gasteiger partial charge >= 0.3 is 6.18 Å². The van der Waals surface area contributed by atoms with E-state index in [0.29, 0.717) is 37.8 Å². The molecule has 4 rings (SSSR count). The Hall–Kier alpha value is -4.15. The number of anilines is 1. The van der Waals surface area contributed by atoms with Crippen LogP contribution in [0.1, 0.15) is 26.4 Å². The molecule has 0 spiro atoms. The van der Waals surface area contributed by atoms with Crippen LogP contribution in [0, 0.1) is 0 Å². The van der Waals surface area contributed by atoms with Gasteiger partial charge in [-0.1, -0.05) is 30.3 Å². The zero-order valence-corrected chi connectivity index (χ0v) is 19.2. The average molecular weight is 499 g/mol. The van der Waals surface area contributed by atoms with Crippen LogP contribution in [0.2, 0.25) is 0 Å². The van der Waals surface area contributed by atoms with Crippen molar-refractivity contribution in [2.45, 2.75) is 6.18 Å². The van der Waals surface area contributed by atoms with Crippen molar-refractivity contribution in [2.75, 3.05) is 44.2 Å². The molecule has 0 unspecified atom stereocenters. The normalized spacial score (nSPS) is 13.9. The molecule has 0 radical (unpaired) electrons. The Bertz CT molecular complexity index is 1180. The lowest BCUT2D eigenvalue weighted by molar-refractivity contribution is -0.138. The summed E-state index contributed by atoms with van der Waals surface area (Å²) in [6, 6.07) is 17.2. The molecular weight excluding hydrogens is 475 g/mol. The lowest BCUT2D eigenvalue weighted by atomic mass is 10.1. The van der Waals surface area contributed by atoms with E-state index < -0.39 is 17.6 Å². The summed E-state index contributed by atoms with van der Waals surface area (Å²) in [5.74, 6) is 0.186. The fourth-order valence-corrected chi connectivity index (χ4v) is 3.78. The third kappa shape index (κ3) is 6.09. The van der Waals surface area contributed by atoms with Crippen LogP contribution in [-0.2, 0) is 6.18 Å². The van der Waals surface area contributed by atoms with Crippen LogP contribution < -0.4 is 15.0 Å². The van der Waals surface area contributed by atoms with Crippen molar-refractivity contribution in [3.05, 3.63) is 83.6 Å². The van der Waals surface area contributed by atoms with Crippen LogP contribution in [-0.4, -0.2) is 66.2 Å². The fraction of sp³-hybridized carbons (Fsp3) is 0.280. The third-order valence-electron chi connectivity index (χ3n) is 5.64. The summed E-state index contributed by atoms with van der Waals surface area (Å²) in [6.45, 7) is 1.81. The Morgan fingerprint density at radius 2 is 1.58 bits per heavy atom. The molecule has 0 bridgehead atoms. The number of benzene rings is 2. The highest BCUT2D eigenvalue weighted by molar-refractivity contribution is 5.96. The van der Waals surface area contributed by atoms with Gasteiger partial charge in [-0.15, -0.1) is 10.2 Å². The maximum Gasteiger partial charge on any atom is 0.417 e. The number of ether oxygens (including phenoxy) is 1. The van der Waals surface area contributed by atoms with Gasteiger partial charge < -0.3 is 19.9 Å². The molecule has 2 amide bonds. The number of halogens is 3. The van der Waals surface area contributed by atoms with Crippen molar-refractivity contribution in [3.8, 4) is 5.75 Å². The molecular formula is C25H24F3N5O3. The number of carbonyl (C=O) groups is 2. The number of alkyl halides is 3. The van der Waals surface area contributed by atoms with Gasteiger partial charge in [0.05, 0.1) is 17.7 Å². The Morgan fingerprint density at radius 3 is 2.25 bits per heavy atom. The Morgan fingerprint density at radius 1 is 0.889 bits per heavy atom. The predicted octanol–water partition coefficient (Wildman–Crippen LogP) is 3.27. The van der Waals surface area contributed by atoms with E-state index >= 15 is 0 Å². The van der Waals surface area contributed by atoms with E-state index in [1.54, 1.807) is 12.1 Å². The lowest BCUT2D eigenvalue weighted by Gasteiger charge is -2.35. The van der Waals surface area contributed by atoms with Crippen LogP contribution in [0.5, 0.6) is 5.75 Å². The number of hydrogen-bond donors (Lipinski definition) is 1. The van der Waals surface area contributed by atoms with Crippen molar-refractivity contribution in [2.24, 2.45) is 0 Å². The molecule has 0 atom stereocenters. The molecule has 2 aromatic carbocycles. The van der Waals surface area contributed by atoms with Gasteiger partial charge in [0, 0.05) is 26.2 Å². The van der Waals surface area contributed by atoms with Gasteiger partial charge in [-0.3, -0.25) is 9.59 Å². The molecule has 11 heteroatoms. The topological polar surface area (TPSA) is 87.7 Å². The summed E-state index contributed by atoms with van der Waals surface area (Å²) in [4.78, 5) is 28.3. The van der Waals surface area contributed by atoms with Crippen molar-refractivity contribution < 1.29 is 27.5 Å². The zero-order chi connectivity index (χ0) is 25.5. The molecule has 0 saturated carbocycles. The monoisotopic (exact) mass is 499 g/mol. The summed E-state index contributed by atoms with van der Waals surface area (Å²) in [5, 5.41) is 10.8. The fourth-order valence-electron chi connectivity index (χ4n) is 3.78. The molecule has 1 fully saturated rings. The highest BCUT2D eigenvalue weighted by atomic mass is 19.4. The van der Waals surface area contributed by atoms with Gasteiger partial charge in [-0.05, 0) is 36.4 Å². The number of hydrogen-bond acceptors (Lipinski definition) is 6. The second-order valence-corrected chi connectivity index (χ2v) is 8.02. The van der Waals surface area contributed by atoms with Gasteiger partial charge in [0.1, 0.15) is 12.4 Å². The number of amides is 2. The highest BCUT2D eigenvalue weighted by Crippen LogP contribution is 2.32. The number of aromatic nitrogens is 2. The maximum atomic E-state index is 13.3. The second-order valence-electron chi connectivity index (χ2n) is 8.02. The SMILES string of the molecule is O=C(NCCOc1ccccc1)c1ccc(N2CCN(C(=O)c3ccccc3C(F)(F)F)CC2)nn1. The van der Waals surface area contributed by atoms with Crippen LogP contribution in [0.25, 0.3) is 0 Å². The van der Waals surface area contributed by atoms with Crippen LogP contribution in [0.4, 0.5) is 19.0 Å². The number of nitrogens with zero attached hydrogens (tertiary/aromatic N) is 4. The molecule has 1 aliphatic heterocycles. The maximum absolute atomic E-state index is 13.3. The van der Waals surface area contributed by atoms with Crippen LogP contribution in [0.15, 0.2) is 66.7 Å². The number of para-hydroxylation sites is 1. The minimum Gasteiger partial charge on any atom is -0.492 e. The van der Waals surface area contributed by atoms with E-state index in [1.807, 2.05) is 35.2 Å². The van der Waals surface area contributed by atoms with E-state index in [1.165, 1.54) is 23.1 Å². The molecule has 0 aliphatic carbocycles. The van der Waals surface area contributed by atoms with E-state index in [2.05, 4.69) is 15.5 Å². The molecule has 1 aliphatic rings. The van der Waals surface area contributed by atoms with Gasteiger partial charge in [-0.25, -0.2) is 0 Å². The molecule has 36 heavy (non-hydrogen) atoms. The summed E-state index contributed by atoms with van der Waals surface area (Å²) in [7, 11) is 0. The van der Waals surface area contributed by atoms with Gasteiger partial charge in [0.2, 0.25) is 0 Å². The molecule has 1 N–H and O–H groups in total.